The third-order valence-corrected chi connectivity index (χ3v) is 4.01. The molecule has 0 aliphatic heterocycles. The summed E-state index contributed by atoms with van der Waals surface area (Å²) >= 11 is 0. The van der Waals surface area contributed by atoms with Crippen molar-refractivity contribution in [2.45, 2.75) is 45.5 Å². The molecule has 0 spiro atoms. The second kappa shape index (κ2) is 7.37. The van der Waals surface area contributed by atoms with Crippen molar-refractivity contribution in [2.24, 2.45) is 0 Å². The number of carbonyl (C=O) groups is 1. The van der Waals surface area contributed by atoms with Crippen LogP contribution in [0.1, 0.15) is 31.7 Å². The van der Waals surface area contributed by atoms with Crippen LogP contribution in [0, 0.1) is 17.0 Å². The Labute approximate surface area is 152 Å². The topological polar surface area (TPSA) is 108 Å². The van der Waals surface area contributed by atoms with E-state index in [0.717, 1.165) is 18.5 Å². The summed E-state index contributed by atoms with van der Waals surface area (Å²) in [6, 6.07) is 0.965. The van der Waals surface area contributed by atoms with E-state index in [2.05, 4.69) is 15.5 Å². The molecule has 2 aromatic heterocycles. The summed E-state index contributed by atoms with van der Waals surface area (Å²) in [7, 11) is 0. The Balaban J connectivity index is 1.90. The van der Waals surface area contributed by atoms with Gasteiger partial charge in [0.25, 0.3) is 0 Å². The lowest BCUT2D eigenvalue weighted by atomic mass is 10.1. The SMILES string of the molecule is Cc1cc(C(F)(F)F)nn1CCCNC(=O)C(C)(C)n1cc([N+](=O)[O-])cn1. The highest BCUT2D eigenvalue weighted by atomic mass is 19.4. The molecule has 2 rings (SSSR count). The molecule has 12 heteroatoms. The number of hydrogen-bond acceptors (Lipinski definition) is 5. The van der Waals surface area contributed by atoms with Crippen molar-refractivity contribution in [2.75, 3.05) is 6.54 Å². The van der Waals surface area contributed by atoms with Crippen molar-refractivity contribution in [3.63, 3.8) is 0 Å². The highest BCUT2D eigenvalue weighted by Gasteiger charge is 2.34. The van der Waals surface area contributed by atoms with Crippen molar-refractivity contribution >= 4 is 11.6 Å². The molecule has 0 bridgehead atoms. The second-order valence-corrected chi connectivity index (χ2v) is 6.46. The molecule has 27 heavy (non-hydrogen) atoms. The lowest BCUT2D eigenvalue weighted by molar-refractivity contribution is -0.385. The summed E-state index contributed by atoms with van der Waals surface area (Å²) in [5, 5.41) is 20.7. The summed E-state index contributed by atoms with van der Waals surface area (Å²) in [5.74, 6) is -0.423. The molecule has 0 aliphatic carbocycles. The number of nitrogens with one attached hydrogen (secondary N) is 1. The maximum absolute atomic E-state index is 12.6. The minimum absolute atomic E-state index is 0.201. The molecule has 0 unspecified atom stereocenters. The van der Waals surface area contributed by atoms with Gasteiger partial charge in [0, 0.05) is 18.8 Å². The van der Waals surface area contributed by atoms with E-state index in [-0.39, 0.29) is 18.8 Å². The number of aromatic nitrogens is 4. The van der Waals surface area contributed by atoms with E-state index in [0.29, 0.717) is 12.1 Å². The molecule has 0 aliphatic rings. The van der Waals surface area contributed by atoms with Gasteiger partial charge >= 0.3 is 11.9 Å². The first-order chi connectivity index (χ1) is 12.4. The first-order valence-electron chi connectivity index (χ1n) is 8.02. The van der Waals surface area contributed by atoms with E-state index >= 15 is 0 Å². The molecule has 148 valence electrons. The second-order valence-electron chi connectivity index (χ2n) is 6.46. The van der Waals surface area contributed by atoms with E-state index in [4.69, 9.17) is 0 Å². The smallest absolute Gasteiger partial charge is 0.354 e. The maximum atomic E-state index is 12.6. The third kappa shape index (κ3) is 4.63. The van der Waals surface area contributed by atoms with Gasteiger partial charge < -0.3 is 5.32 Å². The normalized spacial score (nSPS) is 12.2. The highest BCUT2D eigenvalue weighted by Crippen LogP contribution is 2.28. The van der Waals surface area contributed by atoms with Gasteiger partial charge in [-0.3, -0.25) is 24.3 Å². The molecule has 0 aromatic carbocycles. The van der Waals surface area contributed by atoms with Crippen molar-refractivity contribution in [1.82, 2.24) is 24.9 Å². The maximum Gasteiger partial charge on any atom is 0.435 e. The molecule has 0 saturated carbocycles. The fourth-order valence-corrected chi connectivity index (χ4v) is 2.34. The minimum atomic E-state index is -4.50. The van der Waals surface area contributed by atoms with Crippen LogP contribution in [0.3, 0.4) is 0 Å². The van der Waals surface area contributed by atoms with Gasteiger partial charge in [0.05, 0.1) is 4.92 Å². The zero-order valence-electron chi connectivity index (χ0n) is 14.9. The predicted octanol–water partition coefficient (Wildman–Crippen LogP) is 2.26. The van der Waals surface area contributed by atoms with Gasteiger partial charge in [-0.05, 0) is 33.3 Å². The number of alkyl halides is 3. The molecule has 9 nitrogen and oxygen atoms in total. The van der Waals surface area contributed by atoms with Gasteiger partial charge in [0.2, 0.25) is 5.91 Å². The average Bonchev–Trinajstić information content (AvgIpc) is 3.18. The van der Waals surface area contributed by atoms with Gasteiger partial charge in [-0.1, -0.05) is 0 Å². The van der Waals surface area contributed by atoms with Gasteiger partial charge in [-0.25, -0.2) is 0 Å². The first-order valence-corrected chi connectivity index (χ1v) is 8.02. The summed E-state index contributed by atoms with van der Waals surface area (Å²) in [5.41, 5.74) is -1.98. The monoisotopic (exact) mass is 388 g/mol. The van der Waals surface area contributed by atoms with Crippen molar-refractivity contribution in [1.29, 1.82) is 0 Å². The number of nitrogens with zero attached hydrogens (tertiary/aromatic N) is 5. The van der Waals surface area contributed by atoms with Crippen molar-refractivity contribution in [3.8, 4) is 0 Å². The quantitative estimate of drug-likeness (QED) is 0.445. The van der Waals surface area contributed by atoms with Crippen LogP contribution in [0.25, 0.3) is 0 Å². The number of aryl methyl sites for hydroxylation is 2. The van der Waals surface area contributed by atoms with E-state index in [1.54, 1.807) is 13.8 Å². The van der Waals surface area contributed by atoms with E-state index in [9.17, 15) is 28.1 Å². The molecule has 0 atom stereocenters. The highest BCUT2D eigenvalue weighted by molar-refractivity contribution is 5.83. The van der Waals surface area contributed by atoms with Crippen LogP contribution in [0.5, 0.6) is 0 Å². The zero-order valence-corrected chi connectivity index (χ0v) is 14.9. The molecule has 0 radical (unpaired) electrons. The van der Waals surface area contributed by atoms with Crippen LogP contribution in [-0.4, -0.2) is 36.9 Å². The van der Waals surface area contributed by atoms with Gasteiger partial charge in [-0.15, -0.1) is 0 Å². The summed E-state index contributed by atoms with van der Waals surface area (Å²) in [6.45, 7) is 5.02. The molecule has 2 aromatic rings. The largest absolute Gasteiger partial charge is 0.435 e. The lowest BCUT2D eigenvalue weighted by Crippen LogP contribution is -2.45. The van der Waals surface area contributed by atoms with Crippen LogP contribution < -0.4 is 5.32 Å². The van der Waals surface area contributed by atoms with Crippen LogP contribution >= 0.6 is 0 Å². The van der Waals surface area contributed by atoms with Crippen LogP contribution in [-0.2, 0) is 23.1 Å². The van der Waals surface area contributed by atoms with E-state index in [1.807, 2.05) is 0 Å². The molecule has 0 saturated heterocycles. The molecular formula is C15H19F3N6O3. The van der Waals surface area contributed by atoms with E-state index < -0.39 is 28.2 Å². The number of hydrogen-bond donors (Lipinski definition) is 1. The fourth-order valence-electron chi connectivity index (χ4n) is 2.34. The Hall–Kier alpha value is -2.92. The van der Waals surface area contributed by atoms with E-state index in [1.165, 1.54) is 16.3 Å². The lowest BCUT2D eigenvalue weighted by Gasteiger charge is -2.23. The molecule has 0 fully saturated rings. The first kappa shape index (κ1) is 20.4. The molecule has 1 N–H and O–H groups in total. The molecule has 2 heterocycles. The summed E-state index contributed by atoms with van der Waals surface area (Å²) < 4.78 is 40.3. The van der Waals surface area contributed by atoms with Gasteiger partial charge in [0.1, 0.15) is 17.9 Å². The number of rotatable bonds is 7. The van der Waals surface area contributed by atoms with Gasteiger partial charge in [-0.2, -0.15) is 23.4 Å². The summed E-state index contributed by atoms with van der Waals surface area (Å²) in [6.07, 6.45) is -1.93. The predicted molar refractivity (Wildman–Crippen MR) is 87.8 cm³/mol. The van der Waals surface area contributed by atoms with Crippen LogP contribution in [0.4, 0.5) is 18.9 Å². The molecular weight excluding hydrogens is 369 g/mol. The Morgan fingerprint density at radius 2 is 2.04 bits per heavy atom. The number of amides is 1. The van der Waals surface area contributed by atoms with Crippen LogP contribution in [0.15, 0.2) is 18.5 Å². The number of nitro groups is 1. The third-order valence-electron chi connectivity index (χ3n) is 4.01. The zero-order chi connectivity index (χ0) is 20.4. The Morgan fingerprint density at radius 3 is 2.56 bits per heavy atom. The number of halogens is 3. The Morgan fingerprint density at radius 1 is 1.37 bits per heavy atom. The average molecular weight is 388 g/mol. The van der Waals surface area contributed by atoms with Crippen molar-refractivity contribution in [3.05, 3.63) is 40.0 Å². The van der Waals surface area contributed by atoms with Crippen LogP contribution in [0.2, 0.25) is 0 Å². The van der Waals surface area contributed by atoms with Gasteiger partial charge in [0.15, 0.2) is 5.69 Å². The Bertz CT molecular complexity index is 840. The molecule has 1 amide bonds. The Kier molecular flexibility index (Phi) is 5.56. The minimum Gasteiger partial charge on any atom is -0.354 e. The van der Waals surface area contributed by atoms with Crippen molar-refractivity contribution < 1.29 is 22.9 Å². The number of carbonyl (C=O) groups excluding carboxylic acids is 1. The fraction of sp³-hybridized carbons (Fsp3) is 0.533. The standard InChI is InChI=1S/C15H19F3N6O3/c1-10-7-12(15(16,17)18)21-22(10)6-4-5-19-13(25)14(2,3)23-9-11(8-20-23)24(26)27/h7-9H,4-6H2,1-3H3,(H,19,25). The summed E-state index contributed by atoms with van der Waals surface area (Å²) in [4.78, 5) is 22.5.